The fourth-order valence-corrected chi connectivity index (χ4v) is 1.51. The van der Waals surface area contributed by atoms with E-state index in [1.54, 1.807) is 0 Å². The molecular weight excluding hydrogens is 208 g/mol. The molecule has 0 aliphatic rings. The van der Waals surface area contributed by atoms with Crippen LogP contribution < -0.4 is 5.73 Å². The van der Waals surface area contributed by atoms with Crippen LogP contribution in [0.25, 0.3) is 10.9 Å². The van der Waals surface area contributed by atoms with Gasteiger partial charge in [0, 0.05) is 6.07 Å². The zero-order valence-electron chi connectivity index (χ0n) is 6.82. The van der Waals surface area contributed by atoms with Gasteiger partial charge in [0.05, 0.1) is 15.3 Å². The van der Waals surface area contributed by atoms with Crippen molar-refractivity contribution in [3.05, 3.63) is 27.3 Å². The fraction of sp³-hybridized carbons (Fsp3) is 0. The van der Waals surface area contributed by atoms with Gasteiger partial charge < -0.3 is 5.73 Å². The van der Waals surface area contributed by atoms with Crippen LogP contribution in [0, 0.1) is 10.1 Å². The van der Waals surface area contributed by atoms with E-state index in [-0.39, 0.29) is 17.0 Å². The zero-order chi connectivity index (χ0) is 10.3. The molecule has 0 aliphatic carbocycles. The number of non-ortho nitro benzene ring substituents is 1. The van der Waals surface area contributed by atoms with Gasteiger partial charge in [0.2, 0.25) is 0 Å². The van der Waals surface area contributed by atoms with Gasteiger partial charge in [0.15, 0.2) is 5.82 Å². The largest absolute Gasteiger partial charge is 0.382 e. The topological polar surface area (TPSA) is 97.8 Å². The number of anilines is 1. The van der Waals surface area contributed by atoms with Crippen LogP contribution in [0.4, 0.5) is 11.5 Å². The molecule has 0 saturated heterocycles. The molecular formula is C7H5ClN4O2. The molecule has 1 aromatic carbocycles. The molecule has 0 radical (unpaired) electrons. The Hall–Kier alpha value is -1.82. The maximum Gasteiger partial charge on any atom is 0.295 e. The number of nitrogen functional groups attached to an aromatic ring is 1. The van der Waals surface area contributed by atoms with Crippen molar-refractivity contribution in [1.82, 2.24) is 10.2 Å². The first-order valence-electron chi connectivity index (χ1n) is 3.67. The van der Waals surface area contributed by atoms with E-state index in [0.717, 1.165) is 0 Å². The number of fused-ring (bicyclic) bond motifs is 1. The molecule has 1 aromatic heterocycles. The Morgan fingerprint density at radius 1 is 1.57 bits per heavy atom. The maximum atomic E-state index is 10.6. The van der Waals surface area contributed by atoms with Crippen molar-refractivity contribution in [2.75, 3.05) is 5.73 Å². The number of nitrogens with two attached hydrogens (primary N) is 1. The molecule has 0 amide bonds. The van der Waals surface area contributed by atoms with Gasteiger partial charge >= 0.3 is 0 Å². The number of nitro groups is 1. The molecule has 0 saturated carbocycles. The Labute approximate surface area is 82.8 Å². The SMILES string of the molecule is Nc1n[nH]c2c([N+](=O)[O-])ccc(Cl)c12. The number of nitrogens with zero attached hydrogens (tertiary/aromatic N) is 2. The van der Waals surface area contributed by atoms with Crippen molar-refractivity contribution in [1.29, 1.82) is 0 Å². The van der Waals surface area contributed by atoms with Gasteiger partial charge in [-0.15, -0.1) is 0 Å². The summed E-state index contributed by atoms with van der Waals surface area (Å²) < 4.78 is 0. The second-order valence-electron chi connectivity index (χ2n) is 2.68. The van der Waals surface area contributed by atoms with Crippen LogP contribution in [0.5, 0.6) is 0 Å². The number of H-pyrrole nitrogens is 1. The summed E-state index contributed by atoms with van der Waals surface area (Å²) in [6, 6.07) is 2.73. The van der Waals surface area contributed by atoms with Crippen molar-refractivity contribution < 1.29 is 4.92 Å². The third-order valence-corrected chi connectivity index (χ3v) is 2.19. The molecule has 3 N–H and O–H groups in total. The Morgan fingerprint density at radius 3 is 2.93 bits per heavy atom. The summed E-state index contributed by atoms with van der Waals surface area (Å²) in [6.45, 7) is 0. The predicted octanol–water partition coefficient (Wildman–Crippen LogP) is 1.71. The van der Waals surface area contributed by atoms with Crippen molar-refractivity contribution in [3.63, 3.8) is 0 Å². The summed E-state index contributed by atoms with van der Waals surface area (Å²) in [7, 11) is 0. The first kappa shape index (κ1) is 8.76. The molecule has 7 heteroatoms. The predicted molar refractivity (Wildman–Crippen MR) is 52.2 cm³/mol. The molecule has 14 heavy (non-hydrogen) atoms. The molecule has 72 valence electrons. The van der Waals surface area contributed by atoms with E-state index >= 15 is 0 Å². The highest BCUT2D eigenvalue weighted by molar-refractivity contribution is 6.36. The molecule has 1 heterocycles. The first-order chi connectivity index (χ1) is 6.61. The van der Waals surface area contributed by atoms with E-state index in [1.165, 1.54) is 12.1 Å². The standard InChI is InChI=1S/C7H5ClN4O2/c8-3-1-2-4(12(13)14)6-5(3)7(9)11-10-6/h1-2H,(H3,9,10,11). The number of nitro benzene ring substituents is 1. The Balaban J connectivity index is 2.90. The van der Waals surface area contributed by atoms with Crippen molar-refractivity contribution in [3.8, 4) is 0 Å². The highest BCUT2D eigenvalue weighted by Crippen LogP contribution is 2.32. The lowest BCUT2D eigenvalue weighted by Gasteiger charge is -1.95. The van der Waals surface area contributed by atoms with Gasteiger partial charge in [0.1, 0.15) is 5.52 Å². The molecule has 0 aliphatic heterocycles. The van der Waals surface area contributed by atoms with E-state index in [9.17, 15) is 10.1 Å². The van der Waals surface area contributed by atoms with E-state index in [2.05, 4.69) is 10.2 Å². The lowest BCUT2D eigenvalue weighted by Crippen LogP contribution is -1.89. The monoisotopic (exact) mass is 212 g/mol. The Bertz CT molecular complexity index is 522. The van der Waals surface area contributed by atoms with Crippen molar-refractivity contribution in [2.24, 2.45) is 0 Å². The molecule has 0 fully saturated rings. The van der Waals surface area contributed by atoms with Gasteiger partial charge in [-0.05, 0) is 6.07 Å². The summed E-state index contributed by atoms with van der Waals surface area (Å²) in [4.78, 5) is 10.1. The third-order valence-electron chi connectivity index (χ3n) is 1.87. The van der Waals surface area contributed by atoms with Gasteiger partial charge in [0.25, 0.3) is 5.69 Å². The number of hydrogen-bond acceptors (Lipinski definition) is 4. The quantitative estimate of drug-likeness (QED) is 0.555. The van der Waals surface area contributed by atoms with Gasteiger partial charge in [-0.3, -0.25) is 15.2 Å². The number of aromatic amines is 1. The summed E-state index contributed by atoms with van der Waals surface area (Å²) >= 11 is 5.82. The molecule has 0 unspecified atom stereocenters. The second kappa shape index (κ2) is 2.85. The number of halogens is 1. The van der Waals surface area contributed by atoms with Crippen LogP contribution >= 0.6 is 11.6 Å². The first-order valence-corrected chi connectivity index (χ1v) is 4.05. The lowest BCUT2D eigenvalue weighted by atomic mass is 10.2. The minimum Gasteiger partial charge on any atom is -0.382 e. The number of aromatic nitrogens is 2. The molecule has 0 atom stereocenters. The second-order valence-corrected chi connectivity index (χ2v) is 3.09. The number of hydrogen-bond donors (Lipinski definition) is 2. The maximum absolute atomic E-state index is 10.6. The number of benzene rings is 1. The summed E-state index contributed by atoms with van der Waals surface area (Å²) in [5, 5.41) is 17.5. The van der Waals surface area contributed by atoms with Crippen molar-refractivity contribution in [2.45, 2.75) is 0 Å². The Kier molecular flexibility index (Phi) is 1.78. The van der Waals surface area contributed by atoms with Crippen LogP contribution in [-0.2, 0) is 0 Å². The van der Waals surface area contributed by atoms with Crippen LogP contribution in [0.15, 0.2) is 12.1 Å². The number of nitrogens with one attached hydrogen (secondary N) is 1. The minimum atomic E-state index is -0.518. The van der Waals surface area contributed by atoms with E-state index < -0.39 is 4.92 Å². The van der Waals surface area contributed by atoms with Gasteiger partial charge in [-0.25, -0.2) is 0 Å². The average molecular weight is 213 g/mol. The van der Waals surface area contributed by atoms with Crippen LogP contribution in [0.3, 0.4) is 0 Å². The normalized spacial score (nSPS) is 10.6. The molecule has 2 rings (SSSR count). The van der Waals surface area contributed by atoms with E-state index in [4.69, 9.17) is 17.3 Å². The summed E-state index contributed by atoms with van der Waals surface area (Å²) in [5.41, 5.74) is 5.66. The highest BCUT2D eigenvalue weighted by Gasteiger charge is 2.17. The molecule has 2 aromatic rings. The molecule has 0 bridgehead atoms. The minimum absolute atomic E-state index is 0.0893. The zero-order valence-corrected chi connectivity index (χ0v) is 7.58. The van der Waals surface area contributed by atoms with Crippen LogP contribution in [0.1, 0.15) is 0 Å². The third kappa shape index (κ3) is 1.08. The number of rotatable bonds is 1. The highest BCUT2D eigenvalue weighted by atomic mass is 35.5. The van der Waals surface area contributed by atoms with Crippen LogP contribution in [-0.4, -0.2) is 15.1 Å². The van der Waals surface area contributed by atoms with Gasteiger partial charge in [-0.2, -0.15) is 5.10 Å². The van der Waals surface area contributed by atoms with E-state index in [1.807, 2.05) is 0 Å². The lowest BCUT2D eigenvalue weighted by molar-refractivity contribution is -0.383. The fourth-order valence-electron chi connectivity index (χ4n) is 1.25. The smallest absolute Gasteiger partial charge is 0.295 e. The van der Waals surface area contributed by atoms with Crippen molar-refractivity contribution >= 4 is 34.0 Å². The molecule has 6 nitrogen and oxygen atoms in total. The summed E-state index contributed by atoms with van der Waals surface area (Å²) in [6.07, 6.45) is 0. The Morgan fingerprint density at radius 2 is 2.29 bits per heavy atom. The van der Waals surface area contributed by atoms with E-state index in [0.29, 0.717) is 10.4 Å². The van der Waals surface area contributed by atoms with Crippen LogP contribution in [0.2, 0.25) is 5.02 Å². The molecule has 0 spiro atoms. The van der Waals surface area contributed by atoms with Gasteiger partial charge in [-0.1, -0.05) is 11.6 Å². The average Bonchev–Trinajstić information content (AvgIpc) is 2.49. The summed E-state index contributed by atoms with van der Waals surface area (Å²) in [5.74, 6) is 0.161.